The van der Waals surface area contributed by atoms with Crippen molar-refractivity contribution < 1.29 is 17.9 Å². The van der Waals surface area contributed by atoms with Crippen molar-refractivity contribution in [3.05, 3.63) is 21.8 Å². The lowest BCUT2D eigenvalue weighted by atomic mass is 10.1. The van der Waals surface area contributed by atoms with Crippen LogP contribution in [-0.4, -0.2) is 31.3 Å². The van der Waals surface area contributed by atoms with Crippen molar-refractivity contribution in [3.8, 4) is 0 Å². The maximum Gasteiger partial charge on any atom is 0.419 e. The number of rotatable bonds is 2. The van der Waals surface area contributed by atoms with Crippen LogP contribution in [0, 0.1) is 0 Å². The van der Waals surface area contributed by atoms with Crippen LogP contribution < -0.4 is 4.90 Å². The first kappa shape index (κ1) is 15.7. The number of halogens is 5. The number of ether oxygens (including phenoxy) is 1. The Hall–Kier alpha value is -0.720. The van der Waals surface area contributed by atoms with Crippen LogP contribution in [0.25, 0.3) is 0 Å². The molecule has 0 aromatic carbocycles. The maximum atomic E-state index is 12.7. The summed E-state index contributed by atoms with van der Waals surface area (Å²) in [5.41, 5.74) is -1.01. The van der Waals surface area contributed by atoms with Gasteiger partial charge in [-0.25, -0.2) is 4.98 Å². The van der Waals surface area contributed by atoms with Crippen LogP contribution in [0.5, 0.6) is 0 Å². The molecule has 1 saturated heterocycles. The zero-order valence-electron chi connectivity index (χ0n) is 10.7. The van der Waals surface area contributed by atoms with Crippen molar-refractivity contribution >= 4 is 29.0 Å². The predicted molar refractivity (Wildman–Crippen MR) is 71.5 cm³/mol. The molecule has 1 aliphatic rings. The second-order valence-corrected chi connectivity index (χ2v) is 5.32. The van der Waals surface area contributed by atoms with Crippen molar-refractivity contribution in [3.63, 3.8) is 0 Å². The average molecular weight is 329 g/mol. The Kier molecular flexibility index (Phi) is 4.66. The highest BCUT2D eigenvalue weighted by Crippen LogP contribution is 2.38. The lowest BCUT2D eigenvalue weighted by Crippen LogP contribution is -2.37. The minimum Gasteiger partial charge on any atom is -0.381 e. The van der Waals surface area contributed by atoms with Crippen LogP contribution in [0.4, 0.5) is 19.0 Å². The molecular formula is C12H13Cl2F3N2O. The van der Waals surface area contributed by atoms with Crippen molar-refractivity contribution in [2.75, 3.05) is 25.1 Å². The summed E-state index contributed by atoms with van der Waals surface area (Å²) in [5.74, 6) is 0.291. The Balaban J connectivity index is 2.24. The van der Waals surface area contributed by atoms with Crippen molar-refractivity contribution in [1.29, 1.82) is 0 Å². The van der Waals surface area contributed by atoms with E-state index < -0.39 is 16.9 Å². The highest BCUT2D eigenvalue weighted by molar-refractivity contribution is 6.34. The number of piperidine rings is 1. The molecule has 2 heterocycles. The normalized spacial score (nSPS) is 17.6. The van der Waals surface area contributed by atoms with E-state index in [9.17, 15) is 13.2 Å². The third-order valence-corrected chi connectivity index (χ3v) is 3.86. The third-order valence-electron chi connectivity index (χ3n) is 3.29. The van der Waals surface area contributed by atoms with E-state index in [2.05, 4.69) is 4.98 Å². The molecule has 1 aliphatic heterocycles. The quantitative estimate of drug-likeness (QED) is 0.766. The molecule has 1 fully saturated rings. The lowest BCUT2D eigenvalue weighted by Gasteiger charge is -2.32. The average Bonchev–Trinajstić information content (AvgIpc) is 2.40. The summed E-state index contributed by atoms with van der Waals surface area (Å²) in [4.78, 5) is 5.64. The van der Waals surface area contributed by atoms with Gasteiger partial charge in [-0.15, -0.1) is 0 Å². The van der Waals surface area contributed by atoms with Crippen LogP contribution in [0.1, 0.15) is 18.4 Å². The highest BCUT2D eigenvalue weighted by atomic mass is 35.5. The molecule has 3 nitrogen and oxygen atoms in total. The van der Waals surface area contributed by atoms with Crippen molar-refractivity contribution in [2.24, 2.45) is 0 Å². The number of hydrogen-bond acceptors (Lipinski definition) is 3. The topological polar surface area (TPSA) is 25.4 Å². The molecule has 0 N–H and O–H groups in total. The molecule has 0 bridgehead atoms. The third kappa shape index (κ3) is 3.30. The van der Waals surface area contributed by atoms with E-state index in [0.29, 0.717) is 18.9 Å². The van der Waals surface area contributed by atoms with Gasteiger partial charge in [-0.2, -0.15) is 13.2 Å². The molecule has 0 amide bonds. The smallest absolute Gasteiger partial charge is 0.381 e. The summed E-state index contributed by atoms with van der Waals surface area (Å²) >= 11 is 11.5. The van der Waals surface area contributed by atoms with E-state index in [1.807, 2.05) is 4.90 Å². The first-order valence-electron chi connectivity index (χ1n) is 6.04. The molecule has 2 rings (SSSR count). The van der Waals surface area contributed by atoms with E-state index in [0.717, 1.165) is 18.9 Å². The first-order valence-corrected chi connectivity index (χ1v) is 6.79. The molecule has 0 saturated carbocycles. The molecule has 0 aliphatic carbocycles. The molecule has 1 aromatic heterocycles. The molecule has 0 spiro atoms. The van der Waals surface area contributed by atoms with Gasteiger partial charge in [0, 0.05) is 20.2 Å². The lowest BCUT2D eigenvalue weighted by molar-refractivity contribution is -0.137. The largest absolute Gasteiger partial charge is 0.419 e. The van der Waals surface area contributed by atoms with Gasteiger partial charge in [0.05, 0.1) is 16.7 Å². The number of aromatic nitrogens is 1. The Morgan fingerprint density at radius 3 is 2.40 bits per heavy atom. The van der Waals surface area contributed by atoms with Gasteiger partial charge in [0.15, 0.2) is 0 Å². The van der Waals surface area contributed by atoms with Crippen LogP contribution in [0.15, 0.2) is 6.07 Å². The molecule has 8 heteroatoms. The Morgan fingerprint density at radius 1 is 1.30 bits per heavy atom. The monoisotopic (exact) mass is 328 g/mol. The number of nitrogens with zero attached hydrogens (tertiary/aromatic N) is 2. The van der Waals surface area contributed by atoms with Crippen molar-refractivity contribution in [2.45, 2.75) is 25.1 Å². The highest BCUT2D eigenvalue weighted by Gasteiger charge is 2.35. The number of hydrogen-bond donors (Lipinski definition) is 0. The summed E-state index contributed by atoms with van der Waals surface area (Å²) in [5, 5.41) is -0.622. The molecule has 1 aromatic rings. The fourth-order valence-corrected chi connectivity index (χ4v) is 2.69. The second kappa shape index (κ2) is 5.95. The summed E-state index contributed by atoms with van der Waals surface area (Å²) in [6.07, 6.45) is -2.86. The molecule has 0 atom stereocenters. The van der Waals surface area contributed by atoms with E-state index in [1.165, 1.54) is 0 Å². The molecular weight excluding hydrogens is 316 g/mol. The fraction of sp³-hybridized carbons (Fsp3) is 0.583. The number of methoxy groups -OCH3 is 1. The van der Waals surface area contributed by atoms with E-state index in [4.69, 9.17) is 27.9 Å². The minimum atomic E-state index is -4.56. The second-order valence-electron chi connectivity index (χ2n) is 4.55. The first-order chi connectivity index (χ1) is 9.32. The zero-order valence-corrected chi connectivity index (χ0v) is 12.2. The van der Waals surface area contributed by atoms with Gasteiger partial charge in [-0.1, -0.05) is 23.2 Å². The van der Waals surface area contributed by atoms with Gasteiger partial charge in [0.1, 0.15) is 11.0 Å². The summed E-state index contributed by atoms with van der Waals surface area (Å²) in [7, 11) is 1.64. The van der Waals surface area contributed by atoms with Gasteiger partial charge >= 0.3 is 6.18 Å². The predicted octanol–water partition coefficient (Wildman–Crippen LogP) is 4.02. The van der Waals surface area contributed by atoms with Crippen LogP contribution in [0.3, 0.4) is 0 Å². The molecule has 0 radical (unpaired) electrons. The summed E-state index contributed by atoms with van der Waals surface area (Å²) in [6, 6.07) is 0.828. The number of pyridine rings is 1. The standard InChI is InChI=1S/C12H13Cl2F3N2O/c1-20-7-2-4-19(5-3-7)11-9(13)6-8(10(14)18-11)12(15,16)17/h6-7H,2-5H2,1H3. The van der Waals surface area contributed by atoms with E-state index >= 15 is 0 Å². The summed E-state index contributed by atoms with van der Waals surface area (Å²) < 4.78 is 43.3. The van der Waals surface area contributed by atoms with Crippen LogP contribution in [-0.2, 0) is 10.9 Å². The van der Waals surface area contributed by atoms with Crippen LogP contribution >= 0.6 is 23.2 Å². The van der Waals surface area contributed by atoms with Gasteiger partial charge in [-0.05, 0) is 18.9 Å². The summed E-state index contributed by atoms with van der Waals surface area (Å²) in [6.45, 7) is 1.24. The van der Waals surface area contributed by atoms with Gasteiger partial charge in [0.25, 0.3) is 0 Å². The van der Waals surface area contributed by atoms with Crippen LogP contribution in [0.2, 0.25) is 10.2 Å². The van der Waals surface area contributed by atoms with E-state index in [-0.39, 0.29) is 11.1 Å². The SMILES string of the molecule is COC1CCN(c2nc(Cl)c(C(F)(F)F)cc2Cl)CC1. The minimum absolute atomic E-state index is 0.0439. The van der Waals surface area contributed by atoms with Gasteiger partial charge < -0.3 is 9.64 Å². The van der Waals surface area contributed by atoms with Crippen molar-refractivity contribution in [1.82, 2.24) is 4.98 Å². The molecule has 0 unspecified atom stereocenters. The maximum absolute atomic E-state index is 12.7. The molecule has 20 heavy (non-hydrogen) atoms. The zero-order chi connectivity index (χ0) is 14.9. The number of alkyl halides is 3. The molecule has 112 valence electrons. The fourth-order valence-electron chi connectivity index (χ4n) is 2.18. The Labute approximate surface area is 124 Å². The van der Waals surface area contributed by atoms with Gasteiger partial charge in [-0.3, -0.25) is 0 Å². The van der Waals surface area contributed by atoms with Gasteiger partial charge in [0.2, 0.25) is 0 Å². The Morgan fingerprint density at radius 2 is 1.90 bits per heavy atom. The van der Waals surface area contributed by atoms with E-state index in [1.54, 1.807) is 7.11 Å². The number of anilines is 1. The Bertz CT molecular complexity index is 488.